The lowest BCUT2D eigenvalue weighted by Gasteiger charge is -2.08. The molecule has 1 atom stereocenters. The van der Waals surface area contributed by atoms with Crippen LogP contribution in [0.1, 0.15) is 17.4 Å². The van der Waals surface area contributed by atoms with Gasteiger partial charge in [-0.15, -0.1) is 0 Å². The summed E-state index contributed by atoms with van der Waals surface area (Å²) >= 11 is 2.12. The molecule has 0 fully saturated rings. The molecular weight excluding hydrogens is 283 g/mol. The second-order valence-electron chi connectivity index (χ2n) is 2.79. The molecule has 1 amide bonds. The molecule has 0 saturated carbocycles. The number of rotatable bonds is 3. The second-order valence-corrected chi connectivity index (χ2v) is 4.03. The van der Waals surface area contributed by atoms with Gasteiger partial charge in [0.05, 0.1) is 6.61 Å². The number of halogens is 1. The summed E-state index contributed by atoms with van der Waals surface area (Å²) in [5.74, 6) is -0.190. The summed E-state index contributed by atoms with van der Waals surface area (Å²) in [5, 5.41) is 11.3. The first kappa shape index (κ1) is 10.5. The fourth-order valence-electron chi connectivity index (χ4n) is 0.846. The fourth-order valence-corrected chi connectivity index (χ4v) is 1.31. The summed E-state index contributed by atoms with van der Waals surface area (Å²) < 4.78 is 0.986. The molecule has 1 aromatic rings. The van der Waals surface area contributed by atoms with Gasteiger partial charge in [0.25, 0.3) is 5.91 Å². The molecule has 0 aliphatic rings. The fraction of sp³-hybridized carbons (Fsp3) is 0.375. The summed E-state index contributed by atoms with van der Waals surface area (Å²) in [6.45, 7) is 1.69. The molecule has 5 heteroatoms. The third-order valence-corrected chi connectivity index (χ3v) is 2.17. The minimum atomic E-state index is -0.214. The Balaban J connectivity index is 2.58. The predicted molar refractivity (Wildman–Crippen MR) is 57.5 cm³/mol. The van der Waals surface area contributed by atoms with E-state index in [0.717, 1.165) is 3.57 Å². The van der Waals surface area contributed by atoms with Gasteiger partial charge in [0.2, 0.25) is 0 Å². The Morgan fingerprint density at radius 3 is 3.00 bits per heavy atom. The molecule has 1 aromatic heterocycles. The molecule has 3 N–H and O–H groups in total. The number of nitrogens with one attached hydrogen (secondary N) is 2. The van der Waals surface area contributed by atoms with Gasteiger partial charge in [0.1, 0.15) is 5.69 Å². The van der Waals surface area contributed by atoms with Crippen LogP contribution in [0.5, 0.6) is 0 Å². The van der Waals surface area contributed by atoms with Gasteiger partial charge in [-0.1, -0.05) is 0 Å². The van der Waals surface area contributed by atoms with E-state index in [0.29, 0.717) is 5.69 Å². The lowest BCUT2D eigenvalue weighted by molar-refractivity contribution is 0.0918. The highest BCUT2D eigenvalue weighted by atomic mass is 127. The highest BCUT2D eigenvalue weighted by molar-refractivity contribution is 14.1. The number of aromatic amines is 1. The van der Waals surface area contributed by atoms with Gasteiger partial charge < -0.3 is 15.4 Å². The van der Waals surface area contributed by atoms with Gasteiger partial charge in [-0.3, -0.25) is 4.79 Å². The van der Waals surface area contributed by atoms with Crippen molar-refractivity contribution in [2.75, 3.05) is 6.61 Å². The van der Waals surface area contributed by atoms with Gasteiger partial charge in [0.15, 0.2) is 0 Å². The Bertz CT molecular complexity index is 298. The Morgan fingerprint density at radius 2 is 2.54 bits per heavy atom. The van der Waals surface area contributed by atoms with Gasteiger partial charge in [-0.05, 0) is 35.6 Å². The molecule has 1 unspecified atom stereocenters. The van der Waals surface area contributed by atoms with E-state index in [1.165, 1.54) is 0 Å². The highest BCUT2D eigenvalue weighted by Gasteiger charge is 2.09. The molecule has 1 heterocycles. The average molecular weight is 294 g/mol. The largest absolute Gasteiger partial charge is 0.394 e. The smallest absolute Gasteiger partial charge is 0.268 e. The first-order valence-corrected chi connectivity index (χ1v) is 4.97. The third kappa shape index (κ3) is 3.00. The van der Waals surface area contributed by atoms with Crippen molar-refractivity contribution in [1.82, 2.24) is 10.3 Å². The monoisotopic (exact) mass is 294 g/mol. The van der Waals surface area contributed by atoms with E-state index < -0.39 is 0 Å². The number of hydrogen-bond acceptors (Lipinski definition) is 2. The molecule has 0 aliphatic heterocycles. The van der Waals surface area contributed by atoms with Gasteiger partial charge in [0, 0.05) is 15.8 Å². The van der Waals surface area contributed by atoms with Crippen LogP contribution in [-0.4, -0.2) is 28.6 Å². The minimum absolute atomic E-state index is 0.0520. The van der Waals surface area contributed by atoms with Crippen LogP contribution in [0.2, 0.25) is 0 Å². The molecule has 0 aliphatic carbocycles. The second kappa shape index (κ2) is 4.61. The maximum absolute atomic E-state index is 11.4. The molecular formula is C8H11IN2O2. The zero-order chi connectivity index (χ0) is 9.84. The minimum Gasteiger partial charge on any atom is -0.394 e. The van der Waals surface area contributed by atoms with Crippen LogP contribution < -0.4 is 5.32 Å². The Morgan fingerprint density at radius 1 is 1.85 bits per heavy atom. The topological polar surface area (TPSA) is 65.1 Å². The molecule has 0 spiro atoms. The number of carbonyl (C=O) groups excluding carboxylic acids is 1. The van der Waals surface area contributed by atoms with Crippen LogP contribution in [0, 0.1) is 3.57 Å². The van der Waals surface area contributed by atoms with Crippen LogP contribution in [-0.2, 0) is 0 Å². The lowest BCUT2D eigenvalue weighted by atomic mass is 10.3. The van der Waals surface area contributed by atoms with E-state index in [1.807, 2.05) is 0 Å². The Hall–Kier alpha value is -0.560. The zero-order valence-electron chi connectivity index (χ0n) is 7.17. The highest BCUT2D eigenvalue weighted by Crippen LogP contribution is 2.05. The van der Waals surface area contributed by atoms with Crippen molar-refractivity contribution < 1.29 is 9.90 Å². The van der Waals surface area contributed by atoms with Gasteiger partial charge in [-0.25, -0.2) is 0 Å². The van der Waals surface area contributed by atoms with E-state index >= 15 is 0 Å². The SMILES string of the molecule is CC(CO)NC(=O)c1cc(I)c[nH]1. The summed E-state index contributed by atoms with van der Waals surface area (Å²) in [6, 6.07) is 1.54. The summed E-state index contributed by atoms with van der Waals surface area (Å²) in [5.41, 5.74) is 0.518. The number of H-pyrrole nitrogens is 1. The number of aromatic nitrogens is 1. The standard InChI is InChI=1S/C8H11IN2O2/c1-5(4-12)11-8(13)7-2-6(9)3-10-7/h2-3,5,10,12H,4H2,1H3,(H,11,13). The molecule has 0 aromatic carbocycles. The van der Waals surface area contributed by atoms with Crippen LogP contribution in [0.4, 0.5) is 0 Å². The van der Waals surface area contributed by atoms with E-state index in [4.69, 9.17) is 5.11 Å². The number of carbonyl (C=O) groups is 1. The summed E-state index contributed by atoms with van der Waals surface area (Å²) in [6.07, 6.45) is 1.75. The lowest BCUT2D eigenvalue weighted by Crippen LogP contribution is -2.35. The number of aliphatic hydroxyl groups excluding tert-OH is 1. The Labute approximate surface area is 89.9 Å². The maximum atomic E-state index is 11.4. The number of hydrogen-bond donors (Lipinski definition) is 3. The molecule has 13 heavy (non-hydrogen) atoms. The van der Waals surface area contributed by atoms with Crippen LogP contribution in [0.3, 0.4) is 0 Å². The molecule has 4 nitrogen and oxygen atoms in total. The van der Waals surface area contributed by atoms with Gasteiger partial charge >= 0.3 is 0 Å². The first-order chi connectivity index (χ1) is 6.13. The number of amides is 1. The molecule has 0 bridgehead atoms. The average Bonchev–Trinajstić information content (AvgIpc) is 2.51. The van der Waals surface area contributed by atoms with E-state index in [1.54, 1.807) is 19.2 Å². The van der Waals surface area contributed by atoms with Crippen molar-refractivity contribution in [2.45, 2.75) is 13.0 Å². The predicted octanol–water partition coefficient (Wildman–Crippen LogP) is 0.730. The van der Waals surface area contributed by atoms with Crippen molar-refractivity contribution in [3.8, 4) is 0 Å². The quantitative estimate of drug-likeness (QED) is 0.720. The molecule has 1 rings (SSSR count). The van der Waals surface area contributed by atoms with E-state index in [9.17, 15) is 4.79 Å². The van der Waals surface area contributed by atoms with E-state index in [-0.39, 0.29) is 18.6 Å². The summed E-state index contributed by atoms with van der Waals surface area (Å²) in [4.78, 5) is 14.2. The van der Waals surface area contributed by atoms with Gasteiger partial charge in [-0.2, -0.15) is 0 Å². The molecule has 72 valence electrons. The first-order valence-electron chi connectivity index (χ1n) is 3.89. The maximum Gasteiger partial charge on any atom is 0.268 e. The van der Waals surface area contributed by atoms with Crippen molar-refractivity contribution in [3.05, 3.63) is 21.5 Å². The normalized spacial score (nSPS) is 12.5. The number of aliphatic hydroxyl groups is 1. The van der Waals surface area contributed by atoms with Crippen molar-refractivity contribution in [1.29, 1.82) is 0 Å². The summed E-state index contributed by atoms with van der Waals surface area (Å²) in [7, 11) is 0. The van der Waals surface area contributed by atoms with Crippen molar-refractivity contribution in [3.63, 3.8) is 0 Å². The Kier molecular flexibility index (Phi) is 3.73. The van der Waals surface area contributed by atoms with Crippen molar-refractivity contribution in [2.24, 2.45) is 0 Å². The van der Waals surface area contributed by atoms with Crippen LogP contribution >= 0.6 is 22.6 Å². The molecule has 0 radical (unpaired) electrons. The van der Waals surface area contributed by atoms with Crippen LogP contribution in [0.25, 0.3) is 0 Å². The van der Waals surface area contributed by atoms with Crippen LogP contribution in [0.15, 0.2) is 12.3 Å². The molecule has 0 saturated heterocycles. The van der Waals surface area contributed by atoms with E-state index in [2.05, 4.69) is 32.9 Å². The third-order valence-electron chi connectivity index (χ3n) is 1.54. The van der Waals surface area contributed by atoms with Crippen molar-refractivity contribution >= 4 is 28.5 Å². The zero-order valence-corrected chi connectivity index (χ0v) is 9.33.